The summed E-state index contributed by atoms with van der Waals surface area (Å²) in [6, 6.07) is 14.6. The minimum absolute atomic E-state index is 0.0660. The summed E-state index contributed by atoms with van der Waals surface area (Å²) in [4.78, 5) is 22.0. The van der Waals surface area contributed by atoms with Crippen LogP contribution in [-0.2, 0) is 32.7 Å². The molecule has 0 saturated carbocycles. The van der Waals surface area contributed by atoms with Crippen molar-refractivity contribution in [1.29, 1.82) is 0 Å². The number of carbonyl (C=O) groups is 1. The molecule has 186 valence electrons. The number of rotatable bonds is 13. The number of hydrogen-bond acceptors (Lipinski definition) is 10. The Morgan fingerprint density at radius 1 is 1.09 bits per heavy atom. The molecule has 3 rings (SSSR count). The number of pyridine rings is 1. The smallest absolute Gasteiger partial charge is 0.412 e. The SMILES string of the molecule is CCOC(CCOC(=O)Nc1cccc(CON=C(c2ccccc2)c2nnnn2C)n1)OCC. The Labute approximate surface area is 203 Å². The van der Waals surface area contributed by atoms with Gasteiger partial charge in [0, 0.05) is 32.2 Å². The summed E-state index contributed by atoms with van der Waals surface area (Å²) < 4.78 is 17.6. The van der Waals surface area contributed by atoms with Gasteiger partial charge in [0.2, 0.25) is 5.82 Å². The standard InChI is InChI=1S/C23H29N7O5/c1-4-32-20(33-5-2)14-15-34-23(31)25-19-13-9-12-18(24-19)16-35-27-21(17-10-7-6-8-11-17)22-26-28-29-30(22)3/h6-13,20H,4-5,14-16H2,1-3H3,(H,24,25,31). The molecule has 0 spiro atoms. The molecule has 0 aliphatic heterocycles. The second kappa shape index (κ2) is 13.7. The van der Waals surface area contributed by atoms with Crippen LogP contribution in [0.2, 0.25) is 0 Å². The van der Waals surface area contributed by atoms with Crippen molar-refractivity contribution in [2.45, 2.75) is 33.2 Å². The third-order valence-electron chi connectivity index (χ3n) is 4.58. The van der Waals surface area contributed by atoms with E-state index in [2.05, 4.69) is 31.0 Å². The van der Waals surface area contributed by atoms with E-state index in [9.17, 15) is 4.79 Å². The molecular formula is C23H29N7O5. The zero-order chi connectivity index (χ0) is 24.9. The van der Waals surface area contributed by atoms with Crippen LogP contribution in [0.5, 0.6) is 0 Å². The highest BCUT2D eigenvalue weighted by molar-refractivity contribution is 6.10. The van der Waals surface area contributed by atoms with Crippen molar-refractivity contribution in [3.8, 4) is 0 Å². The number of tetrazole rings is 1. The van der Waals surface area contributed by atoms with Gasteiger partial charge in [-0.25, -0.2) is 14.5 Å². The topological polar surface area (TPSA) is 135 Å². The molecule has 12 nitrogen and oxygen atoms in total. The molecular weight excluding hydrogens is 454 g/mol. The highest BCUT2D eigenvalue weighted by Crippen LogP contribution is 2.11. The Morgan fingerprint density at radius 3 is 2.54 bits per heavy atom. The van der Waals surface area contributed by atoms with Gasteiger partial charge in [0.25, 0.3) is 0 Å². The Hall–Kier alpha value is -3.90. The second-order valence-electron chi connectivity index (χ2n) is 7.11. The van der Waals surface area contributed by atoms with Crippen LogP contribution in [0.25, 0.3) is 0 Å². The minimum atomic E-state index is -0.624. The van der Waals surface area contributed by atoms with Gasteiger partial charge in [-0.05, 0) is 36.4 Å². The molecule has 0 aliphatic carbocycles. The summed E-state index contributed by atoms with van der Waals surface area (Å²) in [7, 11) is 1.72. The van der Waals surface area contributed by atoms with Crippen LogP contribution in [0.1, 0.15) is 37.4 Å². The number of nitrogens with one attached hydrogen (secondary N) is 1. The summed E-state index contributed by atoms with van der Waals surface area (Å²) in [5, 5.41) is 18.4. The first-order chi connectivity index (χ1) is 17.1. The Balaban J connectivity index is 1.56. The number of nitrogens with zero attached hydrogens (tertiary/aromatic N) is 6. The van der Waals surface area contributed by atoms with Crippen LogP contribution in [0.3, 0.4) is 0 Å². The van der Waals surface area contributed by atoms with Gasteiger partial charge in [-0.15, -0.1) is 5.10 Å². The van der Waals surface area contributed by atoms with Crippen LogP contribution in [0.15, 0.2) is 53.7 Å². The van der Waals surface area contributed by atoms with Crippen molar-refractivity contribution >= 4 is 17.6 Å². The van der Waals surface area contributed by atoms with Gasteiger partial charge >= 0.3 is 6.09 Å². The molecule has 0 fully saturated rings. The van der Waals surface area contributed by atoms with E-state index >= 15 is 0 Å². The molecule has 35 heavy (non-hydrogen) atoms. The molecule has 0 unspecified atom stereocenters. The second-order valence-corrected chi connectivity index (χ2v) is 7.11. The van der Waals surface area contributed by atoms with Gasteiger partial charge in [0.1, 0.15) is 5.82 Å². The van der Waals surface area contributed by atoms with Gasteiger partial charge in [-0.1, -0.05) is 41.6 Å². The maximum Gasteiger partial charge on any atom is 0.412 e. The largest absolute Gasteiger partial charge is 0.449 e. The highest BCUT2D eigenvalue weighted by Gasteiger charge is 2.15. The van der Waals surface area contributed by atoms with Crippen LogP contribution in [0.4, 0.5) is 10.6 Å². The van der Waals surface area contributed by atoms with E-state index in [1.165, 1.54) is 4.68 Å². The van der Waals surface area contributed by atoms with E-state index in [4.69, 9.17) is 19.0 Å². The summed E-state index contributed by atoms with van der Waals surface area (Å²) in [6.07, 6.45) is -0.601. The van der Waals surface area contributed by atoms with E-state index in [1.54, 1.807) is 25.2 Å². The van der Waals surface area contributed by atoms with Gasteiger partial charge in [-0.3, -0.25) is 5.32 Å². The third-order valence-corrected chi connectivity index (χ3v) is 4.58. The lowest BCUT2D eigenvalue weighted by Crippen LogP contribution is -2.22. The molecule has 0 bridgehead atoms. The number of carbonyl (C=O) groups excluding carboxylic acids is 1. The maximum atomic E-state index is 12.1. The predicted molar refractivity (Wildman–Crippen MR) is 127 cm³/mol. The van der Waals surface area contributed by atoms with E-state index < -0.39 is 12.4 Å². The van der Waals surface area contributed by atoms with Crippen molar-refractivity contribution in [3.05, 3.63) is 65.6 Å². The first-order valence-electron chi connectivity index (χ1n) is 11.2. The number of amides is 1. The van der Waals surface area contributed by atoms with Crippen LogP contribution in [0, 0.1) is 0 Å². The lowest BCUT2D eigenvalue weighted by Gasteiger charge is -2.16. The zero-order valence-corrected chi connectivity index (χ0v) is 20.0. The van der Waals surface area contributed by atoms with Crippen molar-refractivity contribution in [1.82, 2.24) is 25.2 Å². The fourth-order valence-electron chi connectivity index (χ4n) is 3.02. The molecule has 2 heterocycles. The summed E-state index contributed by atoms with van der Waals surface area (Å²) in [5.41, 5.74) is 1.84. The fraction of sp³-hybridized carbons (Fsp3) is 0.391. The molecule has 0 aliphatic rings. The van der Waals surface area contributed by atoms with Gasteiger partial charge in [0.15, 0.2) is 18.6 Å². The average Bonchev–Trinajstić information content (AvgIpc) is 3.28. The molecule has 1 N–H and O–H groups in total. The quantitative estimate of drug-likeness (QED) is 0.221. The minimum Gasteiger partial charge on any atom is -0.449 e. The first-order valence-corrected chi connectivity index (χ1v) is 11.2. The number of oxime groups is 1. The first kappa shape index (κ1) is 25.7. The number of hydrogen-bond donors (Lipinski definition) is 1. The normalized spacial score (nSPS) is 11.5. The van der Waals surface area contributed by atoms with Crippen molar-refractivity contribution in [3.63, 3.8) is 0 Å². The highest BCUT2D eigenvalue weighted by atomic mass is 16.7. The van der Waals surface area contributed by atoms with Crippen molar-refractivity contribution < 1.29 is 23.8 Å². The fourth-order valence-corrected chi connectivity index (χ4v) is 3.02. The van der Waals surface area contributed by atoms with E-state index in [0.717, 1.165) is 5.56 Å². The molecule has 0 saturated heterocycles. The lowest BCUT2D eigenvalue weighted by atomic mass is 10.1. The predicted octanol–water partition coefficient (Wildman–Crippen LogP) is 2.91. The molecule has 2 aromatic heterocycles. The van der Waals surface area contributed by atoms with Crippen molar-refractivity contribution in [2.75, 3.05) is 25.1 Å². The molecule has 0 atom stereocenters. The van der Waals surface area contributed by atoms with Crippen LogP contribution >= 0.6 is 0 Å². The molecule has 1 aromatic carbocycles. The molecule has 12 heteroatoms. The Kier molecular flexibility index (Phi) is 10.1. The molecule has 3 aromatic rings. The van der Waals surface area contributed by atoms with Crippen LogP contribution < -0.4 is 5.32 Å². The average molecular weight is 484 g/mol. The summed E-state index contributed by atoms with van der Waals surface area (Å²) in [5.74, 6) is 0.783. The van der Waals surface area contributed by atoms with Gasteiger partial charge in [-0.2, -0.15) is 0 Å². The molecule has 0 radical (unpaired) electrons. The number of aryl methyl sites for hydroxylation is 1. The number of benzene rings is 1. The van der Waals surface area contributed by atoms with E-state index in [1.807, 2.05) is 44.2 Å². The van der Waals surface area contributed by atoms with Gasteiger partial charge < -0.3 is 19.0 Å². The summed E-state index contributed by atoms with van der Waals surface area (Å²) in [6.45, 7) is 5.00. The molecule has 1 amide bonds. The third kappa shape index (κ3) is 8.12. The number of anilines is 1. The zero-order valence-electron chi connectivity index (χ0n) is 20.0. The van der Waals surface area contributed by atoms with E-state index in [0.29, 0.717) is 42.7 Å². The Morgan fingerprint density at radius 2 is 1.86 bits per heavy atom. The number of aromatic nitrogens is 5. The lowest BCUT2D eigenvalue weighted by molar-refractivity contribution is -0.143. The monoisotopic (exact) mass is 483 g/mol. The number of ether oxygens (including phenoxy) is 3. The van der Waals surface area contributed by atoms with Gasteiger partial charge in [0.05, 0.1) is 12.3 Å². The summed E-state index contributed by atoms with van der Waals surface area (Å²) >= 11 is 0. The van der Waals surface area contributed by atoms with Crippen LogP contribution in [-0.4, -0.2) is 63.1 Å². The maximum absolute atomic E-state index is 12.1. The Bertz CT molecular complexity index is 1080. The van der Waals surface area contributed by atoms with Crippen molar-refractivity contribution in [2.24, 2.45) is 12.2 Å². The van der Waals surface area contributed by atoms with E-state index in [-0.39, 0.29) is 13.2 Å².